The number of phenolic OH excluding ortho intramolecular Hbond substituents is 1. The Morgan fingerprint density at radius 3 is 1.76 bits per heavy atom. The minimum absolute atomic E-state index is 0.0852. The largest absolute Gasteiger partial charge is 0.506 e. The van der Waals surface area contributed by atoms with E-state index in [1.165, 1.54) is 0 Å². The number of carbonyl (C=O) groups excluding carboxylic acids is 1. The molecule has 0 aliphatic carbocycles. The number of alkyl halides is 6. The Morgan fingerprint density at radius 2 is 1.43 bits per heavy atom. The molecule has 0 radical (unpaired) electrons. The number of aromatic hydroxyl groups is 1. The molecule has 0 saturated heterocycles. The standard InChI is InChI=1S/C10H4F6I2O3/c11-9(12,13)8(10(14,15)16)21-7(20)3-1-4(17)6(19)5(18)2-3/h1-2,8,19H. The smallest absolute Gasteiger partial charge is 0.434 e. The summed E-state index contributed by atoms with van der Waals surface area (Å²) in [4.78, 5) is 11.5. The van der Waals surface area contributed by atoms with Gasteiger partial charge in [-0.25, -0.2) is 4.79 Å². The maximum absolute atomic E-state index is 12.3. The number of rotatable bonds is 2. The Hall–Kier alpha value is -0.470. The third-order valence-corrected chi connectivity index (χ3v) is 3.72. The Morgan fingerprint density at radius 1 is 1.05 bits per heavy atom. The molecule has 1 aromatic rings. The SMILES string of the molecule is O=C(OC(C(F)(F)F)C(F)(F)F)c1cc(I)c(O)c(I)c1. The van der Waals surface area contributed by atoms with E-state index in [9.17, 15) is 36.2 Å². The van der Waals surface area contributed by atoms with Crippen LogP contribution in [0.25, 0.3) is 0 Å². The van der Waals surface area contributed by atoms with Gasteiger partial charge in [0.2, 0.25) is 0 Å². The van der Waals surface area contributed by atoms with Crippen molar-refractivity contribution < 1.29 is 41.0 Å². The first-order chi connectivity index (χ1) is 9.34. The second-order valence-electron chi connectivity index (χ2n) is 3.66. The van der Waals surface area contributed by atoms with Crippen LogP contribution in [0.5, 0.6) is 5.75 Å². The summed E-state index contributed by atoms with van der Waals surface area (Å²) in [7, 11) is 0. The van der Waals surface area contributed by atoms with Crippen molar-refractivity contribution in [2.24, 2.45) is 0 Å². The van der Waals surface area contributed by atoms with Crippen molar-refractivity contribution in [3.63, 3.8) is 0 Å². The zero-order valence-corrected chi connectivity index (χ0v) is 13.8. The van der Waals surface area contributed by atoms with Crippen molar-refractivity contribution >= 4 is 51.2 Å². The Bertz CT molecular complexity index is 518. The van der Waals surface area contributed by atoms with Gasteiger partial charge in [-0.1, -0.05) is 0 Å². The molecule has 0 aliphatic rings. The maximum atomic E-state index is 12.3. The Labute approximate surface area is 140 Å². The zero-order valence-electron chi connectivity index (χ0n) is 9.52. The number of hydrogen-bond donors (Lipinski definition) is 1. The molecule has 0 aliphatic heterocycles. The molecule has 1 aromatic carbocycles. The van der Waals surface area contributed by atoms with Crippen LogP contribution in [-0.4, -0.2) is 29.5 Å². The lowest BCUT2D eigenvalue weighted by atomic mass is 10.2. The summed E-state index contributed by atoms with van der Waals surface area (Å²) >= 11 is 3.14. The summed E-state index contributed by atoms with van der Waals surface area (Å²) in [6.07, 6.45) is -15.8. The van der Waals surface area contributed by atoms with Gasteiger partial charge in [0.25, 0.3) is 6.10 Å². The molecule has 0 saturated carbocycles. The number of esters is 1. The highest BCUT2D eigenvalue weighted by Crippen LogP contribution is 2.36. The summed E-state index contributed by atoms with van der Waals surface area (Å²) in [6.45, 7) is 0. The second kappa shape index (κ2) is 6.34. The van der Waals surface area contributed by atoms with Crippen molar-refractivity contribution in [1.29, 1.82) is 0 Å². The van der Waals surface area contributed by atoms with E-state index in [1.54, 1.807) is 45.2 Å². The monoisotopic (exact) mass is 540 g/mol. The number of halogens is 8. The van der Waals surface area contributed by atoms with Crippen LogP contribution in [0.2, 0.25) is 0 Å². The maximum Gasteiger partial charge on any atom is 0.434 e. The summed E-state index contributed by atoms with van der Waals surface area (Å²) in [5, 5.41) is 9.43. The Kier molecular flexibility index (Phi) is 5.61. The lowest BCUT2D eigenvalue weighted by Crippen LogP contribution is -2.45. The van der Waals surface area contributed by atoms with Gasteiger partial charge in [-0.2, -0.15) is 26.3 Å². The summed E-state index contributed by atoms with van der Waals surface area (Å²) in [5.41, 5.74) is -0.528. The first-order valence-electron chi connectivity index (χ1n) is 4.86. The lowest BCUT2D eigenvalue weighted by molar-refractivity contribution is -0.307. The zero-order chi connectivity index (χ0) is 16.6. The highest BCUT2D eigenvalue weighted by Gasteiger charge is 2.59. The van der Waals surface area contributed by atoms with Crippen LogP contribution < -0.4 is 0 Å². The van der Waals surface area contributed by atoms with Gasteiger partial charge in [0.15, 0.2) is 0 Å². The van der Waals surface area contributed by atoms with Crippen molar-refractivity contribution in [3.8, 4) is 5.75 Å². The van der Waals surface area contributed by atoms with Crippen LogP contribution in [0, 0.1) is 7.14 Å². The average molecular weight is 540 g/mol. The first kappa shape index (κ1) is 18.6. The number of ether oxygens (including phenoxy) is 1. The van der Waals surface area contributed by atoms with Crippen molar-refractivity contribution in [2.75, 3.05) is 0 Å². The van der Waals surface area contributed by atoms with E-state index >= 15 is 0 Å². The molecule has 118 valence electrons. The third-order valence-electron chi connectivity index (χ3n) is 2.07. The third kappa shape index (κ3) is 4.75. The van der Waals surface area contributed by atoms with Crippen LogP contribution in [0.4, 0.5) is 26.3 Å². The molecule has 0 fully saturated rings. The van der Waals surface area contributed by atoms with Crippen LogP contribution in [0.3, 0.4) is 0 Å². The molecule has 0 atom stereocenters. The molecule has 11 heteroatoms. The molecule has 1 N–H and O–H groups in total. The van der Waals surface area contributed by atoms with Gasteiger partial charge < -0.3 is 9.84 Å². The summed E-state index contributed by atoms with van der Waals surface area (Å²) < 4.78 is 77.4. The van der Waals surface area contributed by atoms with Crippen LogP contribution in [0.1, 0.15) is 10.4 Å². The van der Waals surface area contributed by atoms with Crippen LogP contribution >= 0.6 is 45.2 Å². The normalized spacial score (nSPS) is 12.6. The van der Waals surface area contributed by atoms with Gasteiger partial charge in [-0.3, -0.25) is 0 Å². The fourth-order valence-electron chi connectivity index (χ4n) is 1.18. The van der Waals surface area contributed by atoms with Gasteiger partial charge in [0.1, 0.15) is 5.75 Å². The number of hydrogen-bond acceptors (Lipinski definition) is 3. The van der Waals surface area contributed by atoms with Crippen molar-refractivity contribution in [2.45, 2.75) is 18.5 Å². The second-order valence-corrected chi connectivity index (χ2v) is 5.98. The van der Waals surface area contributed by atoms with Gasteiger partial charge in [0, 0.05) is 0 Å². The molecule has 1 rings (SSSR count). The fraction of sp³-hybridized carbons (Fsp3) is 0.300. The highest BCUT2D eigenvalue weighted by molar-refractivity contribution is 14.1. The van der Waals surface area contributed by atoms with Gasteiger partial charge in [0.05, 0.1) is 12.7 Å². The van der Waals surface area contributed by atoms with E-state index in [4.69, 9.17) is 0 Å². The van der Waals surface area contributed by atoms with E-state index in [0.29, 0.717) is 0 Å². The van der Waals surface area contributed by atoms with Gasteiger partial charge >= 0.3 is 18.3 Å². The predicted molar refractivity (Wildman–Crippen MR) is 74.9 cm³/mol. The topological polar surface area (TPSA) is 46.5 Å². The molecule has 21 heavy (non-hydrogen) atoms. The van der Waals surface area contributed by atoms with Gasteiger partial charge in [-0.05, 0) is 57.3 Å². The summed E-state index contributed by atoms with van der Waals surface area (Å²) in [6, 6.07) is 1.84. The quantitative estimate of drug-likeness (QED) is 0.347. The summed E-state index contributed by atoms with van der Waals surface area (Å²) in [5.74, 6) is -2.03. The molecule has 3 nitrogen and oxygen atoms in total. The molecule has 0 bridgehead atoms. The predicted octanol–water partition coefficient (Wildman–Crippen LogP) is 4.25. The van der Waals surface area contributed by atoms with Crippen LogP contribution in [-0.2, 0) is 4.74 Å². The van der Waals surface area contributed by atoms with Crippen LogP contribution in [0.15, 0.2) is 12.1 Å². The Balaban J connectivity index is 3.09. The highest BCUT2D eigenvalue weighted by atomic mass is 127. The molecular weight excluding hydrogens is 536 g/mol. The van der Waals surface area contributed by atoms with E-state index in [1.807, 2.05) is 0 Å². The fourth-order valence-corrected chi connectivity index (χ4v) is 2.95. The minimum atomic E-state index is -5.77. The van der Waals surface area contributed by atoms with E-state index in [-0.39, 0.29) is 12.9 Å². The molecule has 0 heterocycles. The first-order valence-corrected chi connectivity index (χ1v) is 7.02. The van der Waals surface area contributed by atoms with E-state index < -0.39 is 30.0 Å². The molecule has 0 unspecified atom stereocenters. The number of benzene rings is 1. The van der Waals surface area contributed by atoms with E-state index in [0.717, 1.165) is 12.1 Å². The number of carbonyl (C=O) groups is 1. The van der Waals surface area contributed by atoms with Crippen molar-refractivity contribution in [1.82, 2.24) is 0 Å². The molecule has 0 amide bonds. The molecule has 0 spiro atoms. The van der Waals surface area contributed by atoms with E-state index in [2.05, 4.69) is 4.74 Å². The van der Waals surface area contributed by atoms with Gasteiger partial charge in [-0.15, -0.1) is 0 Å². The lowest BCUT2D eigenvalue weighted by Gasteiger charge is -2.22. The number of phenols is 1. The molecule has 0 aromatic heterocycles. The average Bonchev–Trinajstić information content (AvgIpc) is 2.29. The van der Waals surface area contributed by atoms with Crippen molar-refractivity contribution in [3.05, 3.63) is 24.8 Å². The molecular formula is C10H4F6I2O3. The minimum Gasteiger partial charge on any atom is -0.506 e.